The molecule has 198 valence electrons. The largest absolute Gasteiger partial charge is 0.376 e. The zero-order valence-electron chi connectivity index (χ0n) is 21.5. The van der Waals surface area contributed by atoms with Crippen molar-refractivity contribution in [2.75, 3.05) is 13.2 Å². The summed E-state index contributed by atoms with van der Waals surface area (Å²) < 4.78 is 12.5. The summed E-state index contributed by atoms with van der Waals surface area (Å²) >= 11 is 0. The molecule has 8 heteroatoms. The fourth-order valence-electron chi connectivity index (χ4n) is 7.25. The summed E-state index contributed by atoms with van der Waals surface area (Å²) in [5.74, 6) is -2.00. The number of carbonyl (C=O) groups excluding carboxylic acids is 3. The molecular formula is C29H37N3O5. The number of nitrogens with zero attached hydrogens (tertiary/aromatic N) is 1. The summed E-state index contributed by atoms with van der Waals surface area (Å²) in [5, 5.41) is 6.27. The van der Waals surface area contributed by atoms with Crippen LogP contribution in [-0.2, 0) is 30.4 Å². The predicted molar refractivity (Wildman–Crippen MR) is 136 cm³/mol. The average Bonchev–Trinajstić information content (AvgIpc) is 3.64. The maximum absolute atomic E-state index is 14.1. The van der Waals surface area contributed by atoms with Crippen LogP contribution in [0.4, 0.5) is 0 Å². The summed E-state index contributed by atoms with van der Waals surface area (Å²) in [6.45, 7) is 3.21. The summed E-state index contributed by atoms with van der Waals surface area (Å²) in [6.07, 6.45) is 10.8. The molecule has 6 rings (SSSR count). The van der Waals surface area contributed by atoms with Crippen LogP contribution in [0.15, 0.2) is 42.5 Å². The van der Waals surface area contributed by atoms with Crippen molar-refractivity contribution < 1.29 is 23.9 Å². The Labute approximate surface area is 218 Å². The number of hydrogen-bond acceptors (Lipinski definition) is 5. The van der Waals surface area contributed by atoms with Crippen LogP contribution in [0.5, 0.6) is 0 Å². The van der Waals surface area contributed by atoms with E-state index in [4.69, 9.17) is 9.47 Å². The number of amides is 3. The third kappa shape index (κ3) is 4.18. The van der Waals surface area contributed by atoms with Crippen LogP contribution in [-0.4, -0.2) is 65.2 Å². The van der Waals surface area contributed by atoms with E-state index in [2.05, 4.69) is 10.6 Å². The first-order chi connectivity index (χ1) is 17.9. The smallest absolute Gasteiger partial charge is 0.246 e. The second-order valence-electron chi connectivity index (χ2n) is 11.5. The lowest BCUT2D eigenvalue weighted by Crippen LogP contribution is -2.55. The fraction of sp³-hybridized carbons (Fsp3) is 0.621. The number of fused-ring (bicyclic) bond motifs is 1. The first-order valence-electron chi connectivity index (χ1n) is 13.9. The first kappa shape index (κ1) is 24.6. The van der Waals surface area contributed by atoms with Crippen molar-refractivity contribution in [1.29, 1.82) is 0 Å². The van der Waals surface area contributed by atoms with E-state index in [1.54, 1.807) is 4.90 Å². The van der Waals surface area contributed by atoms with Crippen molar-refractivity contribution >= 4 is 17.7 Å². The predicted octanol–water partition coefficient (Wildman–Crippen LogP) is 2.47. The van der Waals surface area contributed by atoms with Gasteiger partial charge in [0.05, 0.1) is 23.5 Å². The third-order valence-corrected chi connectivity index (χ3v) is 9.01. The zero-order chi connectivity index (χ0) is 25.6. The minimum Gasteiger partial charge on any atom is -0.376 e. The molecule has 1 saturated carbocycles. The van der Waals surface area contributed by atoms with Crippen molar-refractivity contribution in [2.45, 2.75) is 87.8 Å². The van der Waals surface area contributed by atoms with Gasteiger partial charge in [-0.15, -0.1) is 0 Å². The van der Waals surface area contributed by atoms with Gasteiger partial charge >= 0.3 is 0 Å². The summed E-state index contributed by atoms with van der Waals surface area (Å²) in [7, 11) is 0. The van der Waals surface area contributed by atoms with Crippen LogP contribution < -0.4 is 10.6 Å². The Kier molecular flexibility index (Phi) is 6.35. The number of hydrogen-bond donors (Lipinski definition) is 2. The number of nitrogens with one attached hydrogen (secondary N) is 2. The second kappa shape index (κ2) is 9.55. The zero-order valence-corrected chi connectivity index (χ0v) is 21.5. The molecule has 37 heavy (non-hydrogen) atoms. The Morgan fingerprint density at radius 2 is 1.81 bits per heavy atom. The van der Waals surface area contributed by atoms with Crippen molar-refractivity contribution in [2.24, 2.45) is 11.8 Å². The summed E-state index contributed by atoms with van der Waals surface area (Å²) in [5.41, 5.74) is -1.11. The van der Waals surface area contributed by atoms with Crippen molar-refractivity contribution in [1.82, 2.24) is 15.5 Å². The standard InChI is InChI=1S/C29H37N3O5/c1-28-14-15-29(37-28)23(22(28)25(33)31-20-11-6-3-7-12-20)27(35)32(18-21-13-8-16-36-21)24(29)26(34)30-17-19-9-4-2-5-10-19/h2,4-5,9-10,14-15,20-24H,3,6-8,11-13,16-18H2,1H3,(H,30,34)(H,31,33)/t21-,22+,23-,24+,28+,29+/m0/s1. The highest BCUT2D eigenvalue weighted by molar-refractivity contribution is 6.00. The maximum Gasteiger partial charge on any atom is 0.246 e. The lowest BCUT2D eigenvalue weighted by Gasteiger charge is -2.34. The van der Waals surface area contributed by atoms with Crippen LogP contribution >= 0.6 is 0 Å². The Hall–Kier alpha value is -2.71. The Balaban J connectivity index is 1.29. The van der Waals surface area contributed by atoms with Gasteiger partial charge in [-0.3, -0.25) is 14.4 Å². The van der Waals surface area contributed by atoms with Crippen LogP contribution in [0, 0.1) is 11.8 Å². The molecule has 4 fully saturated rings. The first-order valence-corrected chi connectivity index (χ1v) is 13.9. The minimum atomic E-state index is -1.17. The van der Waals surface area contributed by atoms with E-state index in [0.29, 0.717) is 19.7 Å². The molecular weight excluding hydrogens is 470 g/mol. The van der Waals surface area contributed by atoms with Crippen molar-refractivity contribution in [3.63, 3.8) is 0 Å². The Morgan fingerprint density at radius 1 is 1.03 bits per heavy atom. The van der Waals surface area contributed by atoms with Gasteiger partial charge in [-0.25, -0.2) is 0 Å². The number of carbonyl (C=O) groups is 3. The Bertz CT molecular complexity index is 1080. The molecule has 5 aliphatic rings. The number of rotatable bonds is 7. The van der Waals surface area contributed by atoms with Crippen LogP contribution in [0.1, 0.15) is 57.4 Å². The molecule has 0 radical (unpaired) electrons. The van der Waals surface area contributed by atoms with Gasteiger partial charge in [-0.2, -0.15) is 0 Å². The monoisotopic (exact) mass is 507 g/mol. The molecule has 6 atom stereocenters. The molecule has 2 bridgehead atoms. The van der Waals surface area contributed by atoms with E-state index < -0.39 is 29.1 Å². The fourth-order valence-corrected chi connectivity index (χ4v) is 7.25. The van der Waals surface area contributed by atoms with Gasteiger partial charge in [0.2, 0.25) is 17.7 Å². The quantitative estimate of drug-likeness (QED) is 0.553. The molecule has 1 aromatic carbocycles. The van der Waals surface area contributed by atoms with Crippen molar-refractivity contribution in [3.8, 4) is 0 Å². The average molecular weight is 508 g/mol. The van der Waals surface area contributed by atoms with Crippen LogP contribution in [0.2, 0.25) is 0 Å². The minimum absolute atomic E-state index is 0.116. The van der Waals surface area contributed by atoms with Gasteiger partial charge in [0.1, 0.15) is 11.6 Å². The van der Waals surface area contributed by atoms with Gasteiger partial charge < -0.3 is 25.0 Å². The lowest BCUT2D eigenvalue weighted by atomic mass is 9.70. The third-order valence-electron chi connectivity index (χ3n) is 9.01. The molecule has 8 nitrogen and oxygen atoms in total. The molecule has 1 aromatic rings. The molecule has 4 aliphatic heterocycles. The highest BCUT2D eigenvalue weighted by atomic mass is 16.5. The topological polar surface area (TPSA) is 97.0 Å². The Morgan fingerprint density at radius 3 is 2.54 bits per heavy atom. The SMILES string of the molecule is C[C@]12C=C[C@@]3(O1)[C@H](C(=O)N(C[C@@H]1CCCO1)[C@@H]3C(=O)NCc1ccccc1)[C@@H]2C(=O)NC1CCCCC1. The number of ether oxygens (including phenoxy) is 2. The highest BCUT2D eigenvalue weighted by Crippen LogP contribution is 2.59. The van der Waals surface area contributed by atoms with Gasteiger partial charge in [0, 0.05) is 25.7 Å². The maximum atomic E-state index is 14.1. The molecule has 1 spiro atoms. The van der Waals surface area contributed by atoms with E-state index in [-0.39, 0.29) is 29.9 Å². The molecule has 0 unspecified atom stereocenters. The van der Waals surface area contributed by atoms with Crippen molar-refractivity contribution in [3.05, 3.63) is 48.0 Å². The highest BCUT2D eigenvalue weighted by Gasteiger charge is 2.76. The molecule has 3 amide bonds. The second-order valence-corrected chi connectivity index (χ2v) is 11.5. The van der Waals surface area contributed by atoms with Gasteiger partial charge in [0.25, 0.3) is 0 Å². The molecule has 3 saturated heterocycles. The molecule has 4 heterocycles. The number of benzene rings is 1. The number of likely N-dealkylation sites (tertiary alicyclic amines) is 1. The summed E-state index contributed by atoms with van der Waals surface area (Å²) in [6, 6.07) is 8.98. The van der Waals surface area contributed by atoms with E-state index in [9.17, 15) is 14.4 Å². The van der Waals surface area contributed by atoms with E-state index in [1.165, 1.54) is 6.42 Å². The molecule has 0 aromatic heterocycles. The van der Waals surface area contributed by atoms with Crippen LogP contribution in [0.3, 0.4) is 0 Å². The van der Waals surface area contributed by atoms with E-state index in [1.807, 2.05) is 49.4 Å². The van der Waals surface area contributed by atoms with E-state index >= 15 is 0 Å². The summed E-state index contributed by atoms with van der Waals surface area (Å²) in [4.78, 5) is 43.3. The van der Waals surface area contributed by atoms with E-state index in [0.717, 1.165) is 44.1 Å². The molecule has 2 N–H and O–H groups in total. The van der Waals surface area contributed by atoms with Gasteiger partial charge in [-0.05, 0) is 38.2 Å². The van der Waals surface area contributed by atoms with Crippen LogP contribution in [0.25, 0.3) is 0 Å². The molecule has 1 aliphatic carbocycles. The normalized spacial score (nSPS) is 36.7. The van der Waals surface area contributed by atoms with Gasteiger partial charge in [-0.1, -0.05) is 61.7 Å². The lowest BCUT2D eigenvalue weighted by molar-refractivity contribution is -0.146. The van der Waals surface area contributed by atoms with Gasteiger partial charge in [0.15, 0.2) is 0 Å².